The zero-order valence-electron chi connectivity index (χ0n) is 12.1. The van der Waals surface area contributed by atoms with Crippen molar-refractivity contribution < 1.29 is 19.1 Å². The molecule has 0 aliphatic carbocycles. The van der Waals surface area contributed by atoms with E-state index in [0.717, 1.165) is 0 Å². The molecule has 20 heavy (non-hydrogen) atoms. The van der Waals surface area contributed by atoms with Crippen LogP contribution in [0.1, 0.15) is 23.2 Å². The second-order valence-electron chi connectivity index (χ2n) is 5.46. The monoisotopic (exact) mass is 295 g/mol. The maximum absolute atomic E-state index is 11.8. The van der Waals surface area contributed by atoms with Crippen LogP contribution in [0.4, 0.5) is 0 Å². The highest BCUT2D eigenvalue weighted by Crippen LogP contribution is 2.15. The van der Waals surface area contributed by atoms with Crippen molar-refractivity contribution in [3.05, 3.63) is 29.8 Å². The number of carbonyl (C=O) groups is 2. The number of phenols is 1. The van der Waals surface area contributed by atoms with Crippen molar-refractivity contribution in [2.45, 2.75) is 32.5 Å². The van der Waals surface area contributed by atoms with Gasteiger partial charge in [0.2, 0.25) is 8.32 Å². The number of hydrogen-bond donors (Lipinski definition) is 2. The number of amides is 1. The van der Waals surface area contributed by atoms with E-state index in [2.05, 4.69) is 5.32 Å². The van der Waals surface area contributed by atoms with Gasteiger partial charge < -0.3 is 14.8 Å². The van der Waals surface area contributed by atoms with E-state index in [0.29, 0.717) is 13.0 Å². The van der Waals surface area contributed by atoms with Gasteiger partial charge in [0, 0.05) is 13.0 Å². The predicted octanol–water partition coefficient (Wildman–Crippen LogP) is 2.28. The Morgan fingerprint density at radius 3 is 2.50 bits per heavy atom. The van der Waals surface area contributed by atoms with Gasteiger partial charge in [0.25, 0.3) is 11.9 Å². The van der Waals surface area contributed by atoms with Crippen molar-refractivity contribution >= 4 is 20.2 Å². The van der Waals surface area contributed by atoms with Gasteiger partial charge in [0.1, 0.15) is 5.75 Å². The summed E-state index contributed by atoms with van der Waals surface area (Å²) in [5.74, 6) is -0.620. The summed E-state index contributed by atoms with van der Waals surface area (Å²) < 4.78 is 5.30. The Morgan fingerprint density at radius 2 is 1.90 bits per heavy atom. The van der Waals surface area contributed by atoms with Crippen LogP contribution >= 0.6 is 0 Å². The van der Waals surface area contributed by atoms with Gasteiger partial charge in [-0.3, -0.25) is 9.59 Å². The zero-order valence-corrected chi connectivity index (χ0v) is 13.1. The molecular formula is C14H21NO4Si. The Morgan fingerprint density at radius 1 is 1.25 bits per heavy atom. The zero-order chi connectivity index (χ0) is 15.2. The minimum Gasteiger partial charge on any atom is -0.520 e. The van der Waals surface area contributed by atoms with Crippen molar-refractivity contribution in [2.24, 2.45) is 0 Å². The summed E-state index contributed by atoms with van der Waals surface area (Å²) in [5.41, 5.74) is 0.233. The molecule has 0 bridgehead atoms. The first-order chi connectivity index (χ1) is 9.29. The molecule has 5 nitrogen and oxygen atoms in total. The van der Waals surface area contributed by atoms with E-state index < -0.39 is 8.32 Å². The molecule has 1 aromatic rings. The standard InChI is InChI=1S/C14H21NO4Si/c1-20(2,3)19-13(17)9-6-10-15-14(18)11-7-4-5-8-12(11)16/h4-5,7-8,16H,6,9-10H2,1-3H3,(H,15,18). The molecule has 0 aliphatic rings. The lowest BCUT2D eigenvalue weighted by atomic mass is 10.2. The van der Waals surface area contributed by atoms with Crippen LogP contribution < -0.4 is 5.32 Å². The van der Waals surface area contributed by atoms with Crippen LogP contribution in [-0.4, -0.2) is 31.8 Å². The van der Waals surface area contributed by atoms with Gasteiger partial charge in [-0.05, 0) is 38.2 Å². The predicted molar refractivity (Wildman–Crippen MR) is 79.1 cm³/mol. The summed E-state index contributed by atoms with van der Waals surface area (Å²) in [6.07, 6.45) is 0.800. The molecule has 0 unspecified atom stereocenters. The van der Waals surface area contributed by atoms with E-state index in [1.807, 2.05) is 19.6 Å². The van der Waals surface area contributed by atoms with Crippen LogP contribution in [0.3, 0.4) is 0 Å². The van der Waals surface area contributed by atoms with Gasteiger partial charge in [0.15, 0.2) is 0 Å². The lowest BCUT2D eigenvalue weighted by Gasteiger charge is -2.17. The van der Waals surface area contributed by atoms with Gasteiger partial charge in [-0.15, -0.1) is 0 Å². The molecule has 6 heteroatoms. The third-order valence-corrected chi connectivity index (χ3v) is 3.25. The van der Waals surface area contributed by atoms with Crippen molar-refractivity contribution in [3.63, 3.8) is 0 Å². The van der Waals surface area contributed by atoms with Gasteiger partial charge in [-0.1, -0.05) is 12.1 Å². The van der Waals surface area contributed by atoms with Crippen LogP contribution in [-0.2, 0) is 9.22 Å². The fourth-order valence-electron chi connectivity index (χ4n) is 1.59. The molecule has 0 aromatic heterocycles. The minimum absolute atomic E-state index is 0.0526. The topological polar surface area (TPSA) is 75.6 Å². The lowest BCUT2D eigenvalue weighted by Crippen LogP contribution is -2.30. The SMILES string of the molecule is C[Si](C)(C)OC(=O)CCCNC(=O)c1ccccc1O. The summed E-state index contributed by atoms with van der Waals surface area (Å²) in [4.78, 5) is 23.2. The number of benzene rings is 1. The average Bonchev–Trinajstić information content (AvgIpc) is 2.33. The van der Waals surface area contributed by atoms with Crippen molar-refractivity contribution in [1.82, 2.24) is 5.32 Å². The van der Waals surface area contributed by atoms with Crippen LogP contribution in [0.2, 0.25) is 19.6 Å². The van der Waals surface area contributed by atoms with Gasteiger partial charge in [-0.25, -0.2) is 0 Å². The molecule has 0 spiro atoms. The van der Waals surface area contributed by atoms with Crippen molar-refractivity contribution in [2.75, 3.05) is 6.54 Å². The molecule has 0 heterocycles. The van der Waals surface area contributed by atoms with Crippen LogP contribution in [0.5, 0.6) is 5.75 Å². The van der Waals surface area contributed by atoms with E-state index in [1.54, 1.807) is 18.2 Å². The minimum atomic E-state index is -1.83. The van der Waals surface area contributed by atoms with Crippen LogP contribution in [0, 0.1) is 0 Å². The second-order valence-corrected chi connectivity index (χ2v) is 9.89. The van der Waals surface area contributed by atoms with E-state index in [1.165, 1.54) is 6.07 Å². The van der Waals surface area contributed by atoms with Crippen molar-refractivity contribution in [1.29, 1.82) is 0 Å². The molecule has 110 valence electrons. The number of rotatable bonds is 6. The molecular weight excluding hydrogens is 274 g/mol. The largest absolute Gasteiger partial charge is 0.520 e. The third-order valence-electron chi connectivity index (χ3n) is 2.41. The Kier molecular flexibility index (Phi) is 5.76. The molecule has 0 saturated heterocycles. The summed E-state index contributed by atoms with van der Waals surface area (Å²) in [7, 11) is -1.83. The molecule has 0 saturated carbocycles. The number of nitrogens with one attached hydrogen (secondary N) is 1. The highest BCUT2D eigenvalue weighted by molar-refractivity contribution is 6.71. The molecule has 0 fully saturated rings. The number of para-hydroxylation sites is 1. The molecule has 0 aliphatic heterocycles. The maximum atomic E-state index is 11.8. The third kappa shape index (κ3) is 5.88. The van der Waals surface area contributed by atoms with Crippen LogP contribution in [0.15, 0.2) is 24.3 Å². The normalized spacial score (nSPS) is 10.9. The van der Waals surface area contributed by atoms with Crippen LogP contribution in [0.25, 0.3) is 0 Å². The lowest BCUT2D eigenvalue weighted by molar-refractivity contribution is -0.135. The first kappa shape index (κ1) is 16.2. The molecule has 0 radical (unpaired) electrons. The number of carbonyl (C=O) groups excluding carboxylic acids is 2. The summed E-state index contributed by atoms with van der Waals surface area (Å²) in [6, 6.07) is 6.34. The Balaban J connectivity index is 2.30. The fraction of sp³-hybridized carbons (Fsp3) is 0.429. The van der Waals surface area contributed by atoms with Gasteiger partial charge in [0.05, 0.1) is 5.56 Å². The summed E-state index contributed by atoms with van der Waals surface area (Å²) in [5, 5.41) is 12.2. The smallest absolute Gasteiger partial charge is 0.292 e. The van der Waals surface area contributed by atoms with E-state index in [4.69, 9.17) is 4.43 Å². The second kappa shape index (κ2) is 7.09. The Labute approximate surface area is 120 Å². The highest BCUT2D eigenvalue weighted by Gasteiger charge is 2.19. The number of hydrogen-bond acceptors (Lipinski definition) is 4. The van der Waals surface area contributed by atoms with Gasteiger partial charge >= 0.3 is 0 Å². The molecule has 1 rings (SSSR count). The van der Waals surface area contributed by atoms with E-state index in [9.17, 15) is 14.7 Å². The quantitative estimate of drug-likeness (QED) is 0.623. The maximum Gasteiger partial charge on any atom is 0.292 e. The summed E-state index contributed by atoms with van der Waals surface area (Å²) >= 11 is 0. The average molecular weight is 295 g/mol. The fourth-order valence-corrected chi connectivity index (χ4v) is 2.37. The number of aromatic hydroxyl groups is 1. The Bertz CT molecular complexity index is 482. The van der Waals surface area contributed by atoms with Gasteiger partial charge in [-0.2, -0.15) is 0 Å². The highest BCUT2D eigenvalue weighted by atomic mass is 28.4. The summed E-state index contributed by atoms with van der Waals surface area (Å²) in [6.45, 7) is 6.22. The Hall–Kier alpha value is -1.82. The van der Waals surface area contributed by atoms with E-state index in [-0.39, 0.29) is 29.6 Å². The molecule has 2 N–H and O–H groups in total. The van der Waals surface area contributed by atoms with Crippen molar-refractivity contribution in [3.8, 4) is 5.75 Å². The number of phenolic OH excluding ortho intramolecular Hbond substituents is 1. The molecule has 1 amide bonds. The molecule has 0 atom stereocenters. The molecule has 1 aromatic carbocycles. The first-order valence-corrected chi connectivity index (χ1v) is 9.98. The van der Waals surface area contributed by atoms with E-state index >= 15 is 0 Å². The first-order valence-electron chi connectivity index (χ1n) is 6.57.